The summed E-state index contributed by atoms with van der Waals surface area (Å²) in [6.45, 7) is 1.77. The molecular weight excluding hydrogens is 270 g/mol. The summed E-state index contributed by atoms with van der Waals surface area (Å²) in [6, 6.07) is 8.09. The number of rotatable bonds is 3. The van der Waals surface area contributed by atoms with Crippen LogP contribution in [0.25, 0.3) is 0 Å². The van der Waals surface area contributed by atoms with Gasteiger partial charge >= 0.3 is 5.97 Å². The second-order valence-electron chi connectivity index (χ2n) is 3.93. The van der Waals surface area contributed by atoms with Crippen molar-refractivity contribution < 1.29 is 9.53 Å². The van der Waals surface area contributed by atoms with Gasteiger partial charge in [0.15, 0.2) is 0 Å². The van der Waals surface area contributed by atoms with Gasteiger partial charge in [-0.2, -0.15) is 0 Å². The molecule has 1 aromatic rings. The molecule has 0 saturated carbocycles. The molecule has 1 saturated heterocycles. The summed E-state index contributed by atoms with van der Waals surface area (Å²) in [5.41, 5.74) is 1.21. The van der Waals surface area contributed by atoms with Gasteiger partial charge in [0.05, 0.1) is 7.11 Å². The van der Waals surface area contributed by atoms with E-state index in [9.17, 15) is 4.79 Å². The molecule has 1 atom stereocenters. The van der Waals surface area contributed by atoms with Gasteiger partial charge < -0.3 is 4.74 Å². The molecule has 0 radical (unpaired) electrons. The number of methoxy groups -OCH3 is 1. The van der Waals surface area contributed by atoms with Crippen LogP contribution in [0.2, 0.25) is 0 Å². The van der Waals surface area contributed by atoms with Gasteiger partial charge in [0.1, 0.15) is 6.04 Å². The molecule has 1 unspecified atom stereocenters. The van der Waals surface area contributed by atoms with Crippen LogP contribution < -0.4 is 0 Å². The number of ether oxygens (including phenoxy) is 1. The van der Waals surface area contributed by atoms with E-state index in [0.29, 0.717) is 0 Å². The van der Waals surface area contributed by atoms with E-state index in [-0.39, 0.29) is 12.0 Å². The van der Waals surface area contributed by atoms with Gasteiger partial charge in [0.2, 0.25) is 0 Å². The standard InChI is InChI=1S/C12H14BrNO2/c1-16-12(15)11-5-6-14(11)8-9-3-2-4-10(13)7-9/h2-4,7,11H,5-6,8H2,1H3. The molecule has 1 aromatic carbocycles. The number of nitrogens with zero attached hydrogens (tertiary/aromatic N) is 1. The maximum atomic E-state index is 11.4. The average Bonchev–Trinajstić information content (AvgIpc) is 2.24. The van der Waals surface area contributed by atoms with Gasteiger partial charge in [-0.25, -0.2) is 0 Å². The predicted octanol–water partition coefficient (Wildman–Crippen LogP) is 2.20. The zero-order valence-electron chi connectivity index (χ0n) is 9.15. The normalized spacial score (nSPS) is 20.2. The highest BCUT2D eigenvalue weighted by Crippen LogP contribution is 2.22. The SMILES string of the molecule is COC(=O)C1CCN1Cc1cccc(Br)c1. The quantitative estimate of drug-likeness (QED) is 0.797. The van der Waals surface area contributed by atoms with Gasteiger partial charge in [0.25, 0.3) is 0 Å². The van der Waals surface area contributed by atoms with Crippen molar-refractivity contribution in [2.75, 3.05) is 13.7 Å². The molecule has 1 aliphatic rings. The van der Waals surface area contributed by atoms with Gasteiger partial charge in [-0.15, -0.1) is 0 Å². The molecule has 0 spiro atoms. The van der Waals surface area contributed by atoms with E-state index in [2.05, 4.69) is 33.0 Å². The molecule has 0 amide bonds. The van der Waals surface area contributed by atoms with E-state index in [4.69, 9.17) is 4.74 Å². The average molecular weight is 284 g/mol. The highest BCUT2D eigenvalue weighted by molar-refractivity contribution is 9.10. The Morgan fingerprint density at radius 3 is 3.00 bits per heavy atom. The molecular formula is C12H14BrNO2. The number of esters is 1. The molecule has 0 bridgehead atoms. The number of halogens is 1. The number of benzene rings is 1. The van der Waals surface area contributed by atoms with Crippen LogP contribution in [0.1, 0.15) is 12.0 Å². The Bertz CT molecular complexity index is 394. The third kappa shape index (κ3) is 2.44. The third-order valence-electron chi connectivity index (χ3n) is 2.88. The summed E-state index contributed by atoms with van der Waals surface area (Å²) in [4.78, 5) is 13.5. The highest BCUT2D eigenvalue weighted by atomic mass is 79.9. The lowest BCUT2D eigenvalue weighted by Crippen LogP contribution is -2.52. The summed E-state index contributed by atoms with van der Waals surface area (Å²) in [6.07, 6.45) is 0.903. The Morgan fingerprint density at radius 1 is 1.62 bits per heavy atom. The third-order valence-corrected chi connectivity index (χ3v) is 3.37. The van der Waals surface area contributed by atoms with Crippen molar-refractivity contribution in [2.24, 2.45) is 0 Å². The first-order valence-electron chi connectivity index (χ1n) is 5.27. The highest BCUT2D eigenvalue weighted by Gasteiger charge is 2.34. The number of carbonyl (C=O) groups is 1. The lowest BCUT2D eigenvalue weighted by atomic mass is 10.0. The van der Waals surface area contributed by atoms with Crippen molar-refractivity contribution in [3.8, 4) is 0 Å². The summed E-state index contributed by atoms with van der Waals surface area (Å²) in [5.74, 6) is -0.124. The number of likely N-dealkylation sites (tertiary alicyclic amines) is 1. The first-order chi connectivity index (χ1) is 7.70. The smallest absolute Gasteiger partial charge is 0.323 e. The van der Waals surface area contributed by atoms with Crippen LogP contribution in [0.3, 0.4) is 0 Å². The Kier molecular flexibility index (Phi) is 3.61. The maximum absolute atomic E-state index is 11.4. The Morgan fingerprint density at radius 2 is 2.44 bits per heavy atom. The molecule has 4 heteroatoms. The zero-order chi connectivity index (χ0) is 11.5. The van der Waals surface area contributed by atoms with E-state index >= 15 is 0 Å². The first kappa shape index (κ1) is 11.6. The summed E-state index contributed by atoms with van der Waals surface area (Å²) < 4.78 is 5.83. The van der Waals surface area contributed by atoms with Crippen LogP contribution in [0.4, 0.5) is 0 Å². The lowest BCUT2D eigenvalue weighted by molar-refractivity contribution is -0.152. The summed E-state index contributed by atoms with van der Waals surface area (Å²) in [7, 11) is 1.44. The minimum Gasteiger partial charge on any atom is -0.468 e. The largest absolute Gasteiger partial charge is 0.468 e. The monoisotopic (exact) mass is 283 g/mol. The molecule has 0 N–H and O–H groups in total. The molecule has 3 nitrogen and oxygen atoms in total. The molecule has 2 rings (SSSR count). The van der Waals surface area contributed by atoms with E-state index in [1.54, 1.807) is 0 Å². The van der Waals surface area contributed by atoms with Crippen LogP contribution in [0.15, 0.2) is 28.7 Å². The second-order valence-corrected chi connectivity index (χ2v) is 4.84. The molecule has 1 fully saturated rings. The number of carbonyl (C=O) groups excluding carboxylic acids is 1. The molecule has 0 aromatic heterocycles. The van der Waals surface area contributed by atoms with Crippen molar-refractivity contribution in [3.05, 3.63) is 34.3 Å². The lowest BCUT2D eigenvalue weighted by Gasteiger charge is -2.38. The zero-order valence-corrected chi connectivity index (χ0v) is 10.7. The summed E-state index contributed by atoms with van der Waals surface area (Å²) >= 11 is 3.44. The second kappa shape index (κ2) is 4.97. The van der Waals surface area contributed by atoms with Crippen LogP contribution in [0, 0.1) is 0 Å². The Labute approximate surface area is 104 Å². The molecule has 1 heterocycles. The first-order valence-corrected chi connectivity index (χ1v) is 6.06. The van der Waals surface area contributed by atoms with Crippen molar-refractivity contribution >= 4 is 21.9 Å². The van der Waals surface area contributed by atoms with Crippen molar-refractivity contribution in [2.45, 2.75) is 19.0 Å². The molecule has 86 valence electrons. The predicted molar refractivity (Wildman–Crippen MR) is 65.0 cm³/mol. The summed E-state index contributed by atoms with van der Waals surface area (Å²) in [5, 5.41) is 0. The van der Waals surface area contributed by atoms with Gasteiger partial charge in [-0.1, -0.05) is 28.1 Å². The molecule has 0 aliphatic carbocycles. The van der Waals surface area contributed by atoms with Crippen LogP contribution in [-0.4, -0.2) is 30.6 Å². The van der Waals surface area contributed by atoms with Crippen LogP contribution in [0.5, 0.6) is 0 Å². The Hall–Kier alpha value is -0.870. The van der Waals surface area contributed by atoms with E-state index in [1.807, 2.05) is 12.1 Å². The fraction of sp³-hybridized carbons (Fsp3) is 0.417. The van der Waals surface area contributed by atoms with E-state index in [1.165, 1.54) is 12.7 Å². The van der Waals surface area contributed by atoms with E-state index < -0.39 is 0 Å². The van der Waals surface area contributed by atoms with Gasteiger partial charge in [-0.3, -0.25) is 9.69 Å². The van der Waals surface area contributed by atoms with E-state index in [0.717, 1.165) is 24.0 Å². The van der Waals surface area contributed by atoms with Crippen LogP contribution in [-0.2, 0) is 16.1 Å². The fourth-order valence-electron chi connectivity index (χ4n) is 1.90. The van der Waals surface area contributed by atoms with Crippen molar-refractivity contribution in [3.63, 3.8) is 0 Å². The molecule has 1 aliphatic heterocycles. The minimum absolute atomic E-state index is 0.0519. The van der Waals surface area contributed by atoms with Crippen molar-refractivity contribution in [1.82, 2.24) is 4.90 Å². The Balaban J connectivity index is 1.98. The van der Waals surface area contributed by atoms with Gasteiger partial charge in [0, 0.05) is 17.6 Å². The maximum Gasteiger partial charge on any atom is 0.323 e. The topological polar surface area (TPSA) is 29.5 Å². The fourth-order valence-corrected chi connectivity index (χ4v) is 2.35. The van der Waals surface area contributed by atoms with Gasteiger partial charge in [-0.05, 0) is 24.1 Å². The van der Waals surface area contributed by atoms with Crippen molar-refractivity contribution in [1.29, 1.82) is 0 Å². The molecule has 16 heavy (non-hydrogen) atoms. The van der Waals surface area contributed by atoms with Crippen LogP contribution >= 0.6 is 15.9 Å². The minimum atomic E-state index is -0.124. The number of hydrogen-bond acceptors (Lipinski definition) is 3. The number of hydrogen-bond donors (Lipinski definition) is 0.